The molecule has 0 amide bonds. The van der Waals surface area contributed by atoms with Gasteiger partial charge in [0.05, 0.1) is 0 Å². The molecule has 3 saturated carbocycles. The lowest BCUT2D eigenvalue weighted by Gasteiger charge is -2.31. The summed E-state index contributed by atoms with van der Waals surface area (Å²) in [6.07, 6.45) is 74.0. The first kappa shape index (κ1) is 72.9. The highest BCUT2D eigenvalue weighted by molar-refractivity contribution is 5.89. The minimum atomic E-state index is 0.367. The van der Waals surface area contributed by atoms with Crippen LogP contribution in [0.2, 0.25) is 0 Å². The maximum absolute atomic E-state index is 2.47. The van der Waals surface area contributed by atoms with Crippen molar-refractivity contribution in [1.29, 1.82) is 0 Å². The van der Waals surface area contributed by atoms with Crippen molar-refractivity contribution >= 4 is 27.5 Å². The fourth-order valence-corrected chi connectivity index (χ4v) is 21.0. The summed E-state index contributed by atoms with van der Waals surface area (Å²) < 4.78 is 0. The molecule has 107 heavy (non-hydrogen) atoms. The number of benzene rings is 7. The molecule has 11 aliphatic carbocycles. The number of fused-ring (bicyclic) bond motifs is 6. The van der Waals surface area contributed by atoms with Gasteiger partial charge in [-0.25, -0.2) is 0 Å². The Morgan fingerprint density at radius 2 is 0.738 bits per heavy atom. The Bertz CT molecular complexity index is 4660. The number of hydrogen-bond acceptors (Lipinski definition) is 0. The summed E-state index contributed by atoms with van der Waals surface area (Å²) in [4.78, 5) is 0. The van der Waals surface area contributed by atoms with Gasteiger partial charge in [0.1, 0.15) is 0 Å². The quantitative estimate of drug-likeness (QED) is 0.0629. The molecule has 0 radical (unpaired) electrons. The van der Waals surface area contributed by atoms with E-state index in [0.29, 0.717) is 17.8 Å². The minimum Gasteiger partial charge on any atom is -0.0726 e. The number of aryl methyl sites for hydroxylation is 4. The van der Waals surface area contributed by atoms with E-state index in [9.17, 15) is 0 Å². The molecule has 0 saturated heterocycles. The van der Waals surface area contributed by atoms with Crippen molar-refractivity contribution in [3.05, 3.63) is 349 Å². The second-order valence-corrected chi connectivity index (χ2v) is 34.9. The van der Waals surface area contributed by atoms with Gasteiger partial charge in [-0.1, -0.05) is 329 Å². The van der Waals surface area contributed by atoms with Gasteiger partial charge in [0.15, 0.2) is 0 Å². The van der Waals surface area contributed by atoms with Gasteiger partial charge >= 0.3 is 0 Å². The van der Waals surface area contributed by atoms with Crippen LogP contribution in [0.5, 0.6) is 0 Å². The largest absolute Gasteiger partial charge is 0.0726 e. The fraction of sp³-hybridized carbons (Fsp3) is 0.402. The molecule has 3 unspecified atom stereocenters. The van der Waals surface area contributed by atoms with Crippen LogP contribution in [0.3, 0.4) is 0 Å². The average Bonchev–Trinajstić information content (AvgIpc) is 1.68. The zero-order valence-electron chi connectivity index (χ0n) is 65.4. The molecule has 548 valence electrons. The number of rotatable bonds is 21. The third kappa shape index (κ3) is 17.4. The molecule has 0 spiro atoms. The SMILES string of the molecule is CC(C)C1CCC(c2ccc(CC3=CC=C(c4ccc5ccccc5c4)C4C=CC=C34)cc2)CC1.CCCC1CCC(Cc2ccc(CC3=CC=C(c4ccc5c(c4)CCC5)C4C=CC=C34)cc2)CC1.CCCCCC1CCC(Cc2ccc(CC3=CC=C(c4ccc5c(c4)CCC5)C4C=CC=C34)cc2)CC1. The molecule has 7 aromatic carbocycles. The number of hydrogen-bond donors (Lipinski definition) is 0. The molecular weight excluding hydrogens is 1290 g/mol. The van der Waals surface area contributed by atoms with E-state index >= 15 is 0 Å². The molecule has 0 nitrogen and oxygen atoms in total. The molecule has 3 fully saturated rings. The zero-order valence-corrected chi connectivity index (χ0v) is 65.4. The van der Waals surface area contributed by atoms with Crippen LogP contribution in [0.25, 0.3) is 27.5 Å². The smallest absolute Gasteiger partial charge is 0.0281 e. The van der Waals surface area contributed by atoms with Gasteiger partial charge in [0.25, 0.3) is 0 Å². The van der Waals surface area contributed by atoms with E-state index in [1.165, 1.54) is 272 Å². The predicted molar refractivity (Wildman–Crippen MR) is 459 cm³/mol. The van der Waals surface area contributed by atoms with Crippen LogP contribution in [0.4, 0.5) is 0 Å². The van der Waals surface area contributed by atoms with E-state index in [1.54, 1.807) is 27.8 Å². The summed E-state index contributed by atoms with van der Waals surface area (Å²) in [5, 5.41) is 2.61. The second kappa shape index (κ2) is 34.5. The maximum atomic E-state index is 2.47. The lowest BCUT2D eigenvalue weighted by atomic mass is 9.74. The molecule has 18 rings (SSSR count). The van der Waals surface area contributed by atoms with Gasteiger partial charge in [-0.3, -0.25) is 0 Å². The summed E-state index contributed by atoms with van der Waals surface area (Å²) >= 11 is 0. The molecule has 0 bridgehead atoms. The Balaban J connectivity index is 0.000000123. The van der Waals surface area contributed by atoms with Gasteiger partial charge in [-0.2, -0.15) is 0 Å². The highest BCUT2D eigenvalue weighted by Gasteiger charge is 2.32. The van der Waals surface area contributed by atoms with E-state index in [2.05, 4.69) is 270 Å². The van der Waals surface area contributed by atoms with Crippen molar-refractivity contribution < 1.29 is 0 Å². The van der Waals surface area contributed by atoms with E-state index < -0.39 is 0 Å². The predicted octanol–water partition coefficient (Wildman–Crippen LogP) is 28.2. The van der Waals surface area contributed by atoms with Gasteiger partial charge in [-0.05, 0) is 303 Å². The zero-order chi connectivity index (χ0) is 72.4. The van der Waals surface area contributed by atoms with Crippen LogP contribution in [-0.2, 0) is 57.8 Å². The first-order chi connectivity index (χ1) is 52.7. The monoisotopic (exact) mass is 1400 g/mol. The van der Waals surface area contributed by atoms with Crippen molar-refractivity contribution in [2.24, 2.45) is 53.3 Å². The molecule has 11 aliphatic rings. The van der Waals surface area contributed by atoms with E-state index in [1.807, 2.05) is 0 Å². The third-order valence-electron chi connectivity index (χ3n) is 27.5. The van der Waals surface area contributed by atoms with Crippen LogP contribution in [0, 0.1) is 53.3 Å². The fourth-order valence-electron chi connectivity index (χ4n) is 21.0. The van der Waals surface area contributed by atoms with Gasteiger partial charge < -0.3 is 0 Å². The Morgan fingerprint density at radius 1 is 0.327 bits per heavy atom. The number of unbranched alkanes of at least 4 members (excludes halogenated alkanes) is 2. The molecule has 7 aromatic rings. The van der Waals surface area contributed by atoms with Crippen molar-refractivity contribution in [2.45, 2.75) is 220 Å². The standard InChI is InChI=1S/C37H44.C35H36.C35H40/c1-2-3-4-7-27-12-14-28(15-13-27)24-29-16-18-30(19-17-29)25-33-22-23-36(37-11-6-10-35(33)37)34-21-20-31-8-5-9-32(31)26-34;1-24(2)26-14-16-29(17-15-26)28-12-10-25(11-13-28)22-31-20-21-34(35-9-5-8-33(31)35)32-19-18-27-6-3-4-7-30(27)23-32;1-2-5-25-10-12-26(13-11-25)22-27-14-16-28(17-15-27)23-31-20-21-34(35-9-4-8-33(31)35)32-19-18-29-6-3-7-30(29)24-32/h6,10-11,16-23,26-28,37H,2-5,7-9,12-15,24-25H2,1H3;3-13,18-21,23-24,26,29,35H,14-17,22H2,1-2H3;4,8-9,14-21,24-26,35H,2-3,5-7,10-13,22-23H2,1H3. The second-order valence-electron chi connectivity index (χ2n) is 34.9. The first-order valence-electron chi connectivity index (χ1n) is 43.1. The Labute approximate surface area is 645 Å². The van der Waals surface area contributed by atoms with Gasteiger partial charge in [-0.15, -0.1) is 0 Å². The highest BCUT2D eigenvalue weighted by atomic mass is 14.4. The van der Waals surface area contributed by atoms with Crippen LogP contribution in [-0.4, -0.2) is 0 Å². The van der Waals surface area contributed by atoms with E-state index in [-0.39, 0.29) is 0 Å². The molecule has 0 aromatic heterocycles. The van der Waals surface area contributed by atoms with Crippen molar-refractivity contribution in [3.8, 4) is 0 Å². The van der Waals surface area contributed by atoms with E-state index in [0.717, 1.165) is 60.7 Å². The van der Waals surface area contributed by atoms with Crippen LogP contribution < -0.4 is 0 Å². The number of allylic oxidation sites excluding steroid dienone is 24. The van der Waals surface area contributed by atoms with Crippen LogP contribution in [0.1, 0.15) is 234 Å². The summed E-state index contributed by atoms with van der Waals surface area (Å²) in [5.41, 5.74) is 32.6. The van der Waals surface area contributed by atoms with Crippen molar-refractivity contribution in [3.63, 3.8) is 0 Å². The average molecular weight is 1410 g/mol. The lowest BCUT2D eigenvalue weighted by Crippen LogP contribution is -2.17. The summed E-state index contributed by atoms with van der Waals surface area (Å²) in [6, 6.07) is 58.7. The van der Waals surface area contributed by atoms with Crippen LogP contribution in [0.15, 0.2) is 276 Å². The highest BCUT2D eigenvalue weighted by Crippen LogP contribution is 2.47. The van der Waals surface area contributed by atoms with Gasteiger partial charge in [0, 0.05) is 17.8 Å². The molecule has 0 N–H and O–H groups in total. The molecule has 0 heteroatoms. The third-order valence-corrected chi connectivity index (χ3v) is 27.5. The molecule has 0 aliphatic heterocycles. The first-order valence-corrected chi connectivity index (χ1v) is 43.1. The minimum absolute atomic E-state index is 0.367. The Hall–Kier alpha value is -8.32. The summed E-state index contributed by atoms with van der Waals surface area (Å²) in [7, 11) is 0. The van der Waals surface area contributed by atoms with Crippen molar-refractivity contribution in [2.75, 3.05) is 0 Å². The van der Waals surface area contributed by atoms with Crippen LogP contribution >= 0.6 is 0 Å². The lowest BCUT2D eigenvalue weighted by molar-refractivity contribution is 0.257. The van der Waals surface area contributed by atoms with Gasteiger partial charge in [0.2, 0.25) is 0 Å². The Kier molecular flexibility index (Phi) is 23.5. The molecular formula is C107H120. The molecule has 3 atom stereocenters. The summed E-state index contributed by atoms with van der Waals surface area (Å²) in [5.74, 6) is 7.52. The Morgan fingerprint density at radius 3 is 1.20 bits per heavy atom. The topological polar surface area (TPSA) is 0 Å². The van der Waals surface area contributed by atoms with Crippen molar-refractivity contribution in [1.82, 2.24) is 0 Å². The maximum Gasteiger partial charge on any atom is 0.0281 e. The molecule has 0 heterocycles. The van der Waals surface area contributed by atoms with E-state index in [4.69, 9.17) is 0 Å². The summed E-state index contributed by atoms with van der Waals surface area (Å²) in [6.45, 7) is 9.43. The normalized spacial score (nSPS) is 24.4.